The third-order valence-corrected chi connectivity index (χ3v) is 16.1. The monoisotopic (exact) mass is 1170 g/mol. The molecule has 0 radical (unpaired) electrons. The molecule has 1 unspecified atom stereocenters. The van der Waals surface area contributed by atoms with E-state index in [2.05, 4.69) is 123 Å². The summed E-state index contributed by atoms with van der Waals surface area (Å²) >= 11 is 0. The molecular weight excluding hydrogens is 1030 g/mol. The van der Waals surface area contributed by atoms with E-state index < -0.39 is 6.10 Å². The fraction of sp³-hybridized carbons (Fsp3) is 0.747. The van der Waals surface area contributed by atoms with Crippen molar-refractivity contribution >= 4 is 11.9 Å². The van der Waals surface area contributed by atoms with E-state index in [1.807, 2.05) is 0 Å². The second kappa shape index (κ2) is 73.8. The molecule has 484 valence electrons. The zero-order chi connectivity index (χ0) is 60.5. The van der Waals surface area contributed by atoms with Gasteiger partial charge in [-0.1, -0.05) is 361 Å². The van der Waals surface area contributed by atoms with Crippen molar-refractivity contribution in [2.24, 2.45) is 0 Å². The van der Waals surface area contributed by atoms with Crippen molar-refractivity contribution in [2.45, 2.75) is 367 Å². The third-order valence-electron chi connectivity index (χ3n) is 16.1. The number of hydrogen-bond donors (Lipinski definition) is 1. The van der Waals surface area contributed by atoms with Crippen LogP contribution >= 0.6 is 0 Å². The summed E-state index contributed by atoms with van der Waals surface area (Å²) in [4.78, 5) is 24.7. The Morgan fingerprint density at radius 2 is 0.476 bits per heavy atom. The van der Waals surface area contributed by atoms with E-state index in [4.69, 9.17) is 9.47 Å². The molecule has 1 N–H and O–H groups in total. The van der Waals surface area contributed by atoms with E-state index in [1.165, 1.54) is 238 Å². The molecule has 0 aliphatic carbocycles. The molecule has 0 bridgehead atoms. The smallest absolute Gasteiger partial charge is 0.306 e. The molecule has 1 atom stereocenters. The second-order valence-electron chi connectivity index (χ2n) is 24.3. The molecule has 5 heteroatoms. The summed E-state index contributed by atoms with van der Waals surface area (Å²) in [6.07, 6.45) is 107. The fourth-order valence-electron chi connectivity index (χ4n) is 10.7. The van der Waals surface area contributed by atoms with Crippen LogP contribution in [0.1, 0.15) is 361 Å². The molecule has 0 aliphatic rings. The van der Waals surface area contributed by atoms with Crippen LogP contribution in [0.3, 0.4) is 0 Å². The first-order chi connectivity index (χ1) is 41.6. The number of unbranched alkanes of at least 4 members (excludes halogenated alkanes) is 41. The van der Waals surface area contributed by atoms with Gasteiger partial charge in [0, 0.05) is 12.8 Å². The number of carbonyl (C=O) groups excluding carboxylic acids is 2. The van der Waals surface area contributed by atoms with Gasteiger partial charge in [0.15, 0.2) is 6.10 Å². The van der Waals surface area contributed by atoms with Gasteiger partial charge in [-0.3, -0.25) is 9.59 Å². The number of allylic oxidation sites excluding steroid dienone is 18. The predicted molar refractivity (Wildman–Crippen MR) is 371 cm³/mol. The quantitative estimate of drug-likeness (QED) is 0.0373. The Hall–Kier alpha value is -3.44. The third kappa shape index (κ3) is 71.0. The number of esters is 2. The number of carbonyl (C=O) groups is 2. The molecule has 0 aliphatic heterocycles. The van der Waals surface area contributed by atoms with Crippen LogP contribution in [0, 0.1) is 0 Å². The molecule has 0 spiro atoms. The average Bonchev–Trinajstić information content (AvgIpc) is 3.51. The van der Waals surface area contributed by atoms with Crippen molar-refractivity contribution in [1.29, 1.82) is 0 Å². The molecule has 5 nitrogen and oxygen atoms in total. The van der Waals surface area contributed by atoms with Crippen LogP contribution in [0.2, 0.25) is 0 Å². The molecule has 0 aromatic carbocycles. The van der Waals surface area contributed by atoms with Gasteiger partial charge in [-0.15, -0.1) is 0 Å². The van der Waals surface area contributed by atoms with E-state index >= 15 is 0 Å². The van der Waals surface area contributed by atoms with Crippen LogP contribution < -0.4 is 0 Å². The first kappa shape index (κ1) is 80.6. The summed E-state index contributed by atoms with van der Waals surface area (Å²) in [5, 5.41) is 9.71. The largest absolute Gasteiger partial charge is 0.462 e. The van der Waals surface area contributed by atoms with E-state index in [0.717, 1.165) is 96.3 Å². The van der Waals surface area contributed by atoms with Crippen molar-refractivity contribution in [1.82, 2.24) is 0 Å². The van der Waals surface area contributed by atoms with Crippen LogP contribution in [0.4, 0.5) is 0 Å². The Morgan fingerprint density at radius 3 is 0.714 bits per heavy atom. The van der Waals surface area contributed by atoms with E-state index in [-0.39, 0.29) is 25.2 Å². The maximum Gasteiger partial charge on any atom is 0.306 e. The number of ether oxygens (including phenoxy) is 2. The Balaban J connectivity index is 3.41. The zero-order valence-corrected chi connectivity index (χ0v) is 55.6. The van der Waals surface area contributed by atoms with Gasteiger partial charge in [0.25, 0.3) is 0 Å². The lowest BCUT2D eigenvalue weighted by atomic mass is 10.0. The maximum atomic E-state index is 12.4. The standard InChI is InChI=1S/C79H138O5/c1-3-5-7-9-11-13-15-17-19-21-23-25-27-29-31-33-35-36-37-38-39-40-41-42-44-45-47-49-51-53-55-57-59-61-63-65-67-69-71-73-78(81)83-76-77(75-80)84-79(82)74-72-70-68-66-64-62-60-58-56-54-52-50-48-46-43-34-32-30-28-26-24-22-20-18-16-14-12-10-8-6-4-2/h5-8,11-14,17-20,23-26,30,32,77,80H,3-4,9-10,15-16,21-22,27-29,31,33-76H2,1-2H3/b7-5-,8-6-,13-11-,14-12-,19-17-,20-18-,25-23-,26-24-,32-30-. The SMILES string of the molecule is CC/C=C\C/C=C\C/C=C\C/C=C\C/C=C\CCCCCCCCCCCCCCCCCC(=O)OC(CO)COC(=O)CCCCCCCCCCCCCCCCCCCCCCCCCCCC/C=C\C/C=C\C/C=C\C/C=C\CC. The van der Waals surface area contributed by atoms with Crippen molar-refractivity contribution in [2.75, 3.05) is 13.2 Å². The molecule has 0 fully saturated rings. The summed E-state index contributed by atoms with van der Waals surface area (Å²) in [7, 11) is 0. The zero-order valence-electron chi connectivity index (χ0n) is 55.6. The highest BCUT2D eigenvalue weighted by Gasteiger charge is 2.16. The second-order valence-corrected chi connectivity index (χ2v) is 24.3. The summed E-state index contributed by atoms with van der Waals surface area (Å²) in [5.74, 6) is -0.576. The lowest BCUT2D eigenvalue weighted by Crippen LogP contribution is -2.28. The molecule has 0 saturated heterocycles. The molecule has 0 aromatic heterocycles. The summed E-state index contributed by atoms with van der Waals surface area (Å²) in [6.45, 7) is 3.95. The molecule has 0 saturated carbocycles. The van der Waals surface area contributed by atoms with E-state index in [1.54, 1.807) is 0 Å². The van der Waals surface area contributed by atoms with Gasteiger partial charge in [-0.05, 0) is 96.3 Å². The lowest BCUT2D eigenvalue weighted by Gasteiger charge is -2.15. The van der Waals surface area contributed by atoms with Gasteiger partial charge in [0.05, 0.1) is 6.61 Å². The first-order valence-corrected chi connectivity index (χ1v) is 36.4. The van der Waals surface area contributed by atoms with Crippen molar-refractivity contribution in [3.8, 4) is 0 Å². The van der Waals surface area contributed by atoms with Crippen LogP contribution in [-0.4, -0.2) is 36.4 Å². The lowest BCUT2D eigenvalue weighted by molar-refractivity contribution is -0.161. The molecular formula is C79H138O5. The minimum absolute atomic E-state index is 0.0647. The summed E-state index contributed by atoms with van der Waals surface area (Å²) < 4.78 is 10.8. The minimum atomic E-state index is -0.776. The average molecular weight is 1170 g/mol. The highest BCUT2D eigenvalue weighted by atomic mass is 16.6. The maximum absolute atomic E-state index is 12.4. The van der Waals surface area contributed by atoms with Gasteiger partial charge >= 0.3 is 11.9 Å². The van der Waals surface area contributed by atoms with Crippen molar-refractivity contribution in [3.05, 3.63) is 109 Å². The minimum Gasteiger partial charge on any atom is -0.462 e. The van der Waals surface area contributed by atoms with Crippen LogP contribution in [0.5, 0.6) is 0 Å². The predicted octanol–water partition coefficient (Wildman–Crippen LogP) is 25.5. The van der Waals surface area contributed by atoms with Gasteiger partial charge in [0.2, 0.25) is 0 Å². The molecule has 0 heterocycles. The van der Waals surface area contributed by atoms with Crippen LogP contribution in [0.25, 0.3) is 0 Å². The van der Waals surface area contributed by atoms with Gasteiger partial charge in [0.1, 0.15) is 6.61 Å². The summed E-state index contributed by atoms with van der Waals surface area (Å²) in [5.41, 5.74) is 0. The molecule has 0 rings (SSSR count). The Bertz CT molecular complexity index is 1610. The topological polar surface area (TPSA) is 72.8 Å². The number of rotatable bonds is 67. The first-order valence-electron chi connectivity index (χ1n) is 36.4. The Labute approximate surface area is 522 Å². The normalized spacial score (nSPS) is 12.8. The molecule has 84 heavy (non-hydrogen) atoms. The van der Waals surface area contributed by atoms with Gasteiger partial charge in [-0.25, -0.2) is 0 Å². The van der Waals surface area contributed by atoms with Gasteiger partial charge < -0.3 is 14.6 Å². The van der Waals surface area contributed by atoms with Crippen molar-refractivity contribution in [3.63, 3.8) is 0 Å². The van der Waals surface area contributed by atoms with Gasteiger partial charge in [-0.2, -0.15) is 0 Å². The highest BCUT2D eigenvalue weighted by Crippen LogP contribution is 2.19. The summed E-state index contributed by atoms with van der Waals surface area (Å²) in [6, 6.07) is 0. The number of hydrogen-bond acceptors (Lipinski definition) is 5. The van der Waals surface area contributed by atoms with E-state index in [0.29, 0.717) is 12.8 Å². The Morgan fingerprint density at radius 1 is 0.274 bits per heavy atom. The molecule has 0 aromatic rings. The van der Waals surface area contributed by atoms with Crippen molar-refractivity contribution < 1.29 is 24.2 Å². The van der Waals surface area contributed by atoms with Crippen LogP contribution in [-0.2, 0) is 19.1 Å². The number of aliphatic hydroxyl groups excluding tert-OH is 1. The Kier molecular flexibility index (Phi) is 70.8. The highest BCUT2D eigenvalue weighted by molar-refractivity contribution is 5.70. The molecule has 0 amide bonds. The van der Waals surface area contributed by atoms with E-state index in [9.17, 15) is 14.7 Å². The number of aliphatic hydroxyl groups is 1. The fourth-order valence-corrected chi connectivity index (χ4v) is 10.7. The van der Waals surface area contributed by atoms with Crippen LogP contribution in [0.15, 0.2) is 109 Å².